The van der Waals surface area contributed by atoms with Crippen LogP contribution in [0, 0.1) is 17.0 Å². The smallest absolute Gasteiger partial charge is 0.258 e. The molecule has 0 bridgehead atoms. The minimum Gasteiger partial charge on any atom is -0.258 e. The second-order valence-corrected chi connectivity index (χ2v) is 2.55. The number of hydrogen-bond acceptors (Lipinski definition) is 2. The summed E-state index contributed by atoms with van der Waals surface area (Å²) in [5.41, 5.74) is 1.83. The average Bonchev–Trinajstić information content (AvgIpc) is 1.94. The van der Waals surface area contributed by atoms with E-state index >= 15 is 0 Å². The molecule has 4 heteroatoms. The Morgan fingerprint density at radius 3 is 2.64 bits per heavy atom. The number of nitrogens with zero attached hydrogens (tertiary/aromatic N) is 1. The molecule has 0 fully saturated rings. The van der Waals surface area contributed by atoms with Crippen molar-refractivity contribution in [2.24, 2.45) is 0 Å². The van der Waals surface area contributed by atoms with Crippen LogP contribution in [0.5, 0.6) is 0 Å². The first kappa shape index (κ1) is 7.79. The molecule has 0 saturated carbocycles. The summed E-state index contributed by atoms with van der Waals surface area (Å²) in [5.74, 6) is 0. The van der Waals surface area contributed by atoms with E-state index < -0.39 is 0 Å². The van der Waals surface area contributed by atoms with E-state index in [1.807, 2.05) is 13.9 Å². The molecule has 0 aliphatic carbocycles. The Morgan fingerprint density at radius 1 is 1.55 bits per heavy atom. The third kappa shape index (κ3) is 1.58. The summed E-state index contributed by atoms with van der Waals surface area (Å²) in [4.78, 5) is 10.0. The lowest BCUT2D eigenvalue weighted by Crippen LogP contribution is -2.04. The topological polar surface area (TPSA) is 43.1 Å². The van der Waals surface area contributed by atoms with Gasteiger partial charge in [-0.15, -0.1) is 0 Å². The summed E-state index contributed by atoms with van der Waals surface area (Å²) < 4.78 is 0. The van der Waals surface area contributed by atoms with Crippen molar-refractivity contribution in [2.75, 3.05) is 0 Å². The first-order valence-corrected chi connectivity index (χ1v) is 3.33. The Hall–Kier alpha value is -1.32. The van der Waals surface area contributed by atoms with Crippen molar-refractivity contribution in [2.45, 2.75) is 6.92 Å². The molecule has 0 heterocycles. The standard InChI is InChI=1S/C7H8BNO2/c1-5-2-3-6(8)4-7(5)9(10)11/h2-4H,8H2,1H3. The van der Waals surface area contributed by atoms with E-state index in [0.717, 1.165) is 5.46 Å². The summed E-state index contributed by atoms with van der Waals surface area (Å²) in [6.07, 6.45) is 0. The first-order valence-electron chi connectivity index (χ1n) is 3.33. The van der Waals surface area contributed by atoms with Crippen molar-refractivity contribution in [3.05, 3.63) is 33.9 Å². The van der Waals surface area contributed by atoms with E-state index in [0.29, 0.717) is 5.56 Å². The third-order valence-electron chi connectivity index (χ3n) is 1.56. The Bertz CT molecular complexity index is 298. The van der Waals surface area contributed by atoms with Crippen molar-refractivity contribution in [1.82, 2.24) is 0 Å². The highest BCUT2D eigenvalue weighted by atomic mass is 16.6. The molecule has 1 rings (SSSR count). The van der Waals surface area contributed by atoms with Gasteiger partial charge in [0.2, 0.25) is 0 Å². The molecule has 0 radical (unpaired) electrons. The zero-order valence-corrected chi connectivity index (χ0v) is 6.50. The predicted octanol–water partition coefficient (Wildman–Crippen LogP) is 0.162. The van der Waals surface area contributed by atoms with Gasteiger partial charge >= 0.3 is 0 Å². The van der Waals surface area contributed by atoms with Gasteiger partial charge in [-0.2, -0.15) is 0 Å². The predicted molar refractivity (Wildman–Crippen MR) is 46.0 cm³/mol. The highest BCUT2D eigenvalue weighted by molar-refractivity contribution is 6.32. The molecule has 0 amide bonds. The molecule has 0 atom stereocenters. The second-order valence-electron chi connectivity index (χ2n) is 2.55. The summed E-state index contributed by atoms with van der Waals surface area (Å²) >= 11 is 0. The largest absolute Gasteiger partial charge is 0.271 e. The van der Waals surface area contributed by atoms with Gasteiger partial charge in [0, 0.05) is 11.6 Å². The van der Waals surface area contributed by atoms with Gasteiger partial charge in [-0.05, 0) is 6.92 Å². The van der Waals surface area contributed by atoms with Crippen LogP contribution >= 0.6 is 0 Å². The van der Waals surface area contributed by atoms with Crippen LogP contribution in [0.4, 0.5) is 5.69 Å². The van der Waals surface area contributed by atoms with E-state index in [-0.39, 0.29) is 10.6 Å². The van der Waals surface area contributed by atoms with Crippen molar-refractivity contribution in [3.63, 3.8) is 0 Å². The lowest BCUT2D eigenvalue weighted by atomic mass is 9.94. The van der Waals surface area contributed by atoms with E-state index in [2.05, 4.69) is 0 Å². The van der Waals surface area contributed by atoms with Gasteiger partial charge in [-0.1, -0.05) is 17.6 Å². The number of aryl methyl sites for hydroxylation is 1. The molecule has 3 nitrogen and oxygen atoms in total. The molecule has 0 aliphatic rings. The molecule has 0 N–H and O–H groups in total. The summed E-state index contributed by atoms with van der Waals surface area (Å²) in [7, 11) is 1.84. The second kappa shape index (κ2) is 2.74. The van der Waals surface area contributed by atoms with E-state index in [9.17, 15) is 10.1 Å². The van der Waals surface area contributed by atoms with Gasteiger partial charge in [0.1, 0.15) is 7.85 Å². The molecule has 1 aromatic carbocycles. The summed E-state index contributed by atoms with van der Waals surface area (Å²) in [6, 6.07) is 5.20. The molecule has 56 valence electrons. The fraction of sp³-hybridized carbons (Fsp3) is 0.143. The molecule has 0 saturated heterocycles. The zero-order valence-electron chi connectivity index (χ0n) is 6.50. The van der Waals surface area contributed by atoms with Crippen LogP contribution in [-0.2, 0) is 0 Å². The van der Waals surface area contributed by atoms with Gasteiger partial charge in [0.15, 0.2) is 0 Å². The Morgan fingerprint density at radius 2 is 2.18 bits per heavy atom. The highest BCUT2D eigenvalue weighted by Gasteiger charge is 2.08. The Balaban J connectivity index is 3.23. The maximum absolute atomic E-state index is 10.4. The maximum atomic E-state index is 10.4. The average molecular weight is 149 g/mol. The fourth-order valence-electron chi connectivity index (χ4n) is 0.916. The number of hydrogen-bond donors (Lipinski definition) is 0. The van der Waals surface area contributed by atoms with Crippen molar-refractivity contribution >= 4 is 19.0 Å². The van der Waals surface area contributed by atoms with Crippen molar-refractivity contribution < 1.29 is 4.92 Å². The monoisotopic (exact) mass is 149 g/mol. The molecule has 0 spiro atoms. The fourth-order valence-corrected chi connectivity index (χ4v) is 0.916. The van der Waals surface area contributed by atoms with Crippen LogP contribution in [0.3, 0.4) is 0 Å². The molecule has 0 unspecified atom stereocenters. The molecular formula is C7H8BNO2. The van der Waals surface area contributed by atoms with Gasteiger partial charge in [-0.25, -0.2) is 0 Å². The molecule has 1 aromatic rings. The first-order chi connectivity index (χ1) is 5.11. The van der Waals surface area contributed by atoms with Crippen LogP contribution < -0.4 is 5.46 Å². The molecule has 0 aliphatic heterocycles. The minimum absolute atomic E-state index is 0.199. The van der Waals surface area contributed by atoms with Crippen LogP contribution in [0.2, 0.25) is 0 Å². The summed E-state index contributed by atoms with van der Waals surface area (Å²) in [6.45, 7) is 1.73. The minimum atomic E-state index is -0.359. The number of rotatable bonds is 1. The van der Waals surface area contributed by atoms with Gasteiger partial charge in [-0.3, -0.25) is 10.1 Å². The van der Waals surface area contributed by atoms with E-state index in [1.54, 1.807) is 19.1 Å². The molecule has 0 aromatic heterocycles. The number of nitro groups is 1. The van der Waals surface area contributed by atoms with Gasteiger partial charge in [0.05, 0.1) is 4.92 Å². The number of benzene rings is 1. The lowest BCUT2D eigenvalue weighted by Gasteiger charge is -1.96. The van der Waals surface area contributed by atoms with E-state index in [1.165, 1.54) is 0 Å². The van der Waals surface area contributed by atoms with Crippen LogP contribution in [0.15, 0.2) is 18.2 Å². The molecule has 11 heavy (non-hydrogen) atoms. The Labute approximate surface area is 65.6 Å². The van der Waals surface area contributed by atoms with Crippen molar-refractivity contribution in [1.29, 1.82) is 0 Å². The van der Waals surface area contributed by atoms with Gasteiger partial charge < -0.3 is 0 Å². The lowest BCUT2D eigenvalue weighted by molar-refractivity contribution is -0.385. The van der Waals surface area contributed by atoms with Crippen LogP contribution in [0.1, 0.15) is 5.56 Å². The highest BCUT2D eigenvalue weighted by Crippen LogP contribution is 2.13. The summed E-state index contributed by atoms with van der Waals surface area (Å²) in [5, 5.41) is 10.4. The van der Waals surface area contributed by atoms with Crippen LogP contribution in [-0.4, -0.2) is 12.8 Å². The number of nitro benzene ring substituents is 1. The third-order valence-corrected chi connectivity index (χ3v) is 1.56. The van der Waals surface area contributed by atoms with E-state index in [4.69, 9.17) is 0 Å². The SMILES string of the molecule is Bc1ccc(C)c([N+](=O)[O-])c1. The van der Waals surface area contributed by atoms with Gasteiger partial charge in [0.25, 0.3) is 5.69 Å². The van der Waals surface area contributed by atoms with Crippen LogP contribution in [0.25, 0.3) is 0 Å². The molecular weight excluding hydrogens is 141 g/mol. The zero-order chi connectivity index (χ0) is 8.43. The Kier molecular flexibility index (Phi) is 1.94. The maximum Gasteiger partial charge on any atom is 0.271 e. The normalized spacial score (nSPS) is 9.55. The quantitative estimate of drug-likeness (QED) is 0.324. The van der Waals surface area contributed by atoms with Crippen molar-refractivity contribution in [3.8, 4) is 0 Å².